The number of amides is 1. The molecule has 1 amide bonds. The van der Waals surface area contributed by atoms with Crippen molar-refractivity contribution >= 4 is 11.6 Å². The molecule has 0 bridgehead atoms. The Hall–Kier alpha value is -2.17. The number of carbonyl (C=O) groups excluding carboxylic acids is 1. The van der Waals surface area contributed by atoms with Crippen LogP contribution in [0.3, 0.4) is 0 Å². The quantitative estimate of drug-likeness (QED) is 0.502. The number of nitrogens with zero attached hydrogens (tertiary/aromatic N) is 1. The van der Waals surface area contributed by atoms with Crippen molar-refractivity contribution in [2.45, 2.75) is 25.8 Å². The number of benzene rings is 1. The molecule has 1 atom stereocenters. The first-order valence-corrected chi connectivity index (χ1v) is 6.32. The molecule has 5 heteroatoms. The lowest BCUT2D eigenvalue weighted by atomic mass is 10.1. The Kier molecular flexibility index (Phi) is 4.28. The van der Waals surface area contributed by atoms with E-state index < -0.39 is 4.92 Å². The van der Waals surface area contributed by atoms with Gasteiger partial charge < -0.3 is 5.32 Å². The molecule has 1 aromatic rings. The van der Waals surface area contributed by atoms with Gasteiger partial charge in [-0.15, -0.1) is 0 Å². The Bertz CT molecular complexity index is 511. The van der Waals surface area contributed by atoms with Crippen molar-refractivity contribution in [2.75, 3.05) is 0 Å². The van der Waals surface area contributed by atoms with Crippen molar-refractivity contribution in [1.82, 2.24) is 5.32 Å². The fraction of sp³-hybridized carbons (Fsp3) is 0.357. The van der Waals surface area contributed by atoms with Crippen LogP contribution in [-0.2, 0) is 11.3 Å². The molecule has 0 saturated heterocycles. The predicted molar refractivity (Wildman–Crippen MR) is 71.4 cm³/mol. The standard InChI is InChI=1S/C14H16N2O3/c17-14(9-11-4-1-2-5-11)15-10-12-6-3-7-13(8-12)16(18)19/h1,3-4,6-8,11H,2,5,9-10H2,(H,15,17). The van der Waals surface area contributed by atoms with Crippen LogP contribution in [0.5, 0.6) is 0 Å². The first-order valence-electron chi connectivity index (χ1n) is 6.32. The topological polar surface area (TPSA) is 72.2 Å². The van der Waals surface area contributed by atoms with Crippen molar-refractivity contribution in [3.8, 4) is 0 Å². The lowest BCUT2D eigenvalue weighted by Crippen LogP contribution is -2.24. The molecule has 1 N–H and O–H groups in total. The van der Waals surface area contributed by atoms with Crippen LogP contribution in [0.4, 0.5) is 5.69 Å². The molecule has 1 aliphatic carbocycles. The second kappa shape index (κ2) is 6.13. The molecule has 0 spiro atoms. The highest BCUT2D eigenvalue weighted by molar-refractivity contribution is 5.76. The lowest BCUT2D eigenvalue weighted by Gasteiger charge is -2.08. The minimum atomic E-state index is -0.436. The van der Waals surface area contributed by atoms with E-state index in [1.165, 1.54) is 12.1 Å². The van der Waals surface area contributed by atoms with E-state index in [0.29, 0.717) is 18.9 Å². The maximum Gasteiger partial charge on any atom is 0.269 e. The number of nitrogens with one attached hydrogen (secondary N) is 1. The first kappa shape index (κ1) is 13.3. The number of rotatable bonds is 5. The summed E-state index contributed by atoms with van der Waals surface area (Å²) in [6, 6.07) is 6.31. The van der Waals surface area contributed by atoms with Crippen molar-refractivity contribution in [3.63, 3.8) is 0 Å². The van der Waals surface area contributed by atoms with Gasteiger partial charge in [-0.1, -0.05) is 24.3 Å². The summed E-state index contributed by atoms with van der Waals surface area (Å²) in [5, 5.41) is 13.4. The van der Waals surface area contributed by atoms with Crippen LogP contribution in [0.1, 0.15) is 24.8 Å². The van der Waals surface area contributed by atoms with Crippen LogP contribution in [0, 0.1) is 16.0 Å². The van der Waals surface area contributed by atoms with E-state index in [9.17, 15) is 14.9 Å². The molecule has 100 valence electrons. The van der Waals surface area contributed by atoms with Crippen molar-refractivity contribution in [1.29, 1.82) is 0 Å². The van der Waals surface area contributed by atoms with Gasteiger partial charge in [0.15, 0.2) is 0 Å². The van der Waals surface area contributed by atoms with Gasteiger partial charge in [-0.05, 0) is 24.3 Å². The van der Waals surface area contributed by atoms with Crippen LogP contribution < -0.4 is 5.32 Å². The van der Waals surface area contributed by atoms with E-state index in [1.807, 2.05) is 0 Å². The van der Waals surface area contributed by atoms with Crippen LogP contribution >= 0.6 is 0 Å². The smallest absolute Gasteiger partial charge is 0.269 e. The zero-order chi connectivity index (χ0) is 13.7. The first-order chi connectivity index (χ1) is 9.15. The van der Waals surface area contributed by atoms with Gasteiger partial charge in [-0.3, -0.25) is 14.9 Å². The van der Waals surface area contributed by atoms with Gasteiger partial charge in [-0.25, -0.2) is 0 Å². The summed E-state index contributed by atoms with van der Waals surface area (Å²) in [5.74, 6) is 0.327. The van der Waals surface area contributed by atoms with Gasteiger partial charge in [0.05, 0.1) is 4.92 Å². The maximum atomic E-state index is 11.7. The summed E-state index contributed by atoms with van der Waals surface area (Å²) in [6.07, 6.45) is 6.74. The fourth-order valence-corrected chi connectivity index (χ4v) is 2.16. The van der Waals surface area contributed by atoms with Gasteiger partial charge in [0.1, 0.15) is 0 Å². The molecule has 0 aliphatic heterocycles. The van der Waals surface area contributed by atoms with Crippen LogP contribution in [0.25, 0.3) is 0 Å². The minimum absolute atomic E-state index is 0.0111. The van der Waals surface area contributed by atoms with Crippen molar-refractivity contribution in [2.24, 2.45) is 5.92 Å². The molecule has 1 aromatic carbocycles. The number of carbonyl (C=O) groups is 1. The van der Waals surface area contributed by atoms with E-state index in [0.717, 1.165) is 18.4 Å². The summed E-state index contributed by atoms with van der Waals surface area (Å²) >= 11 is 0. The Morgan fingerprint density at radius 1 is 1.47 bits per heavy atom. The van der Waals surface area contributed by atoms with Crippen LogP contribution in [0.2, 0.25) is 0 Å². The molecular weight excluding hydrogens is 244 g/mol. The number of allylic oxidation sites excluding steroid dienone is 2. The third-order valence-corrected chi connectivity index (χ3v) is 3.17. The van der Waals surface area contributed by atoms with Crippen molar-refractivity contribution < 1.29 is 9.72 Å². The minimum Gasteiger partial charge on any atom is -0.352 e. The molecule has 0 heterocycles. The van der Waals surface area contributed by atoms with E-state index >= 15 is 0 Å². The third kappa shape index (κ3) is 3.91. The van der Waals surface area contributed by atoms with Crippen molar-refractivity contribution in [3.05, 3.63) is 52.1 Å². The van der Waals surface area contributed by atoms with Gasteiger partial charge >= 0.3 is 0 Å². The molecule has 0 fully saturated rings. The number of non-ortho nitro benzene ring substituents is 1. The predicted octanol–water partition coefficient (Wildman–Crippen LogP) is 2.57. The monoisotopic (exact) mass is 260 g/mol. The highest BCUT2D eigenvalue weighted by Gasteiger charge is 2.14. The van der Waals surface area contributed by atoms with Crippen LogP contribution in [-0.4, -0.2) is 10.8 Å². The molecule has 1 aliphatic rings. The Morgan fingerprint density at radius 3 is 3.00 bits per heavy atom. The second-order valence-electron chi connectivity index (χ2n) is 4.67. The molecule has 0 aromatic heterocycles. The lowest BCUT2D eigenvalue weighted by molar-refractivity contribution is -0.384. The fourth-order valence-electron chi connectivity index (χ4n) is 2.16. The number of nitro benzene ring substituents is 1. The zero-order valence-electron chi connectivity index (χ0n) is 10.5. The molecule has 19 heavy (non-hydrogen) atoms. The van der Waals surface area contributed by atoms with Gasteiger partial charge in [0.2, 0.25) is 5.91 Å². The Morgan fingerprint density at radius 2 is 2.32 bits per heavy atom. The second-order valence-corrected chi connectivity index (χ2v) is 4.67. The number of hydrogen-bond acceptors (Lipinski definition) is 3. The van der Waals surface area contributed by atoms with Gasteiger partial charge in [0, 0.05) is 25.1 Å². The van der Waals surface area contributed by atoms with Gasteiger partial charge in [-0.2, -0.15) is 0 Å². The number of hydrogen-bond donors (Lipinski definition) is 1. The summed E-state index contributed by atoms with van der Waals surface area (Å²) in [4.78, 5) is 21.9. The van der Waals surface area contributed by atoms with E-state index in [4.69, 9.17) is 0 Å². The molecule has 5 nitrogen and oxygen atoms in total. The normalized spacial score (nSPS) is 17.4. The largest absolute Gasteiger partial charge is 0.352 e. The molecule has 1 unspecified atom stereocenters. The average Bonchev–Trinajstić information content (AvgIpc) is 2.89. The summed E-state index contributed by atoms with van der Waals surface area (Å²) in [6.45, 7) is 0.330. The maximum absolute atomic E-state index is 11.7. The summed E-state index contributed by atoms with van der Waals surface area (Å²) in [7, 11) is 0. The van der Waals surface area contributed by atoms with E-state index in [1.54, 1.807) is 12.1 Å². The van der Waals surface area contributed by atoms with E-state index in [-0.39, 0.29) is 11.6 Å². The zero-order valence-corrected chi connectivity index (χ0v) is 10.5. The van der Waals surface area contributed by atoms with Gasteiger partial charge in [0.25, 0.3) is 5.69 Å². The SMILES string of the molecule is O=C(CC1C=CCC1)NCc1cccc([N+](=O)[O-])c1. The molecule has 0 saturated carbocycles. The molecule has 0 radical (unpaired) electrons. The Balaban J connectivity index is 1.84. The summed E-state index contributed by atoms with van der Waals surface area (Å²) < 4.78 is 0. The highest BCUT2D eigenvalue weighted by atomic mass is 16.6. The molecule has 2 rings (SSSR count). The Labute approximate surface area is 111 Å². The highest BCUT2D eigenvalue weighted by Crippen LogP contribution is 2.20. The van der Waals surface area contributed by atoms with Crippen LogP contribution in [0.15, 0.2) is 36.4 Å². The average molecular weight is 260 g/mol. The van der Waals surface area contributed by atoms with E-state index in [2.05, 4.69) is 17.5 Å². The number of nitro groups is 1. The third-order valence-electron chi connectivity index (χ3n) is 3.17. The summed E-state index contributed by atoms with van der Waals surface area (Å²) in [5.41, 5.74) is 0.787. The molecular formula is C14H16N2O3.